The summed E-state index contributed by atoms with van der Waals surface area (Å²) in [6.45, 7) is 5.87. The third-order valence-corrected chi connectivity index (χ3v) is 3.32. The molecule has 74 valence electrons. The lowest BCUT2D eigenvalue weighted by atomic mass is 9.86. The first-order valence-electron chi connectivity index (χ1n) is 3.95. The van der Waals surface area contributed by atoms with Crippen molar-refractivity contribution in [2.75, 3.05) is 0 Å². The van der Waals surface area contributed by atoms with Crippen LogP contribution in [0.25, 0.3) is 0 Å². The molecule has 0 aliphatic carbocycles. The van der Waals surface area contributed by atoms with Crippen molar-refractivity contribution >= 4 is 34.5 Å². The summed E-state index contributed by atoms with van der Waals surface area (Å²) in [7, 11) is 0. The van der Waals surface area contributed by atoms with E-state index in [0.29, 0.717) is 8.67 Å². The van der Waals surface area contributed by atoms with Crippen molar-refractivity contribution in [3.05, 3.63) is 20.3 Å². The zero-order valence-corrected chi connectivity index (χ0v) is 10.1. The lowest BCUT2D eigenvalue weighted by Gasteiger charge is -2.25. The van der Waals surface area contributed by atoms with Crippen LogP contribution in [0.2, 0.25) is 8.67 Å². The molecule has 0 aliphatic rings. The van der Waals surface area contributed by atoms with Gasteiger partial charge >= 0.3 is 0 Å². The molecule has 0 amide bonds. The van der Waals surface area contributed by atoms with Crippen molar-refractivity contribution in [1.29, 1.82) is 0 Å². The second-order valence-electron chi connectivity index (χ2n) is 4.05. The summed E-state index contributed by atoms with van der Waals surface area (Å²) >= 11 is 13.0. The van der Waals surface area contributed by atoms with Crippen LogP contribution in [-0.4, -0.2) is 5.11 Å². The Balaban J connectivity index is 3.01. The van der Waals surface area contributed by atoms with Crippen LogP contribution in [0, 0.1) is 5.41 Å². The van der Waals surface area contributed by atoms with Gasteiger partial charge < -0.3 is 5.11 Å². The molecule has 1 rings (SSSR count). The first-order valence-corrected chi connectivity index (χ1v) is 5.52. The molecule has 4 heteroatoms. The number of hydrogen-bond donors (Lipinski definition) is 1. The Hall–Kier alpha value is 0.240. The number of thiophene rings is 1. The molecule has 0 aliphatic heterocycles. The number of aliphatic hydroxyl groups is 1. The molecule has 0 aromatic carbocycles. The van der Waals surface area contributed by atoms with Gasteiger partial charge in [-0.3, -0.25) is 0 Å². The van der Waals surface area contributed by atoms with E-state index in [-0.39, 0.29) is 5.41 Å². The predicted molar refractivity (Wildman–Crippen MR) is 58.8 cm³/mol. The highest BCUT2D eigenvalue weighted by molar-refractivity contribution is 7.20. The van der Waals surface area contributed by atoms with Gasteiger partial charge in [0.15, 0.2) is 0 Å². The lowest BCUT2D eigenvalue weighted by molar-refractivity contribution is 0.0631. The van der Waals surface area contributed by atoms with Crippen molar-refractivity contribution in [1.82, 2.24) is 0 Å². The standard InChI is InChI=1S/C9H12Cl2OS/c1-9(2,3)7(12)5-4-6(10)13-8(5)11/h4,7,12H,1-3H3. The maximum Gasteiger partial charge on any atom is 0.100 e. The van der Waals surface area contributed by atoms with Crippen LogP contribution in [0.1, 0.15) is 32.4 Å². The second-order valence-corrected chi connectivity index (χ2v) is 6.33. The van der Waals surface area contributed by atoms with Crippen LogP contribution in [-0.2, 0) is 0 Å². The van der Waals surface area contributed by atoms with Gasteiger partial charge in [0.25, 0.3) is 0 Å². The average molecular weight is 239 g/mol. The van der Waals surface area contributed by atoms with E-state index in [9.17, 15) is 5.11 Å². The molecule has 1 atom stereocenters. The van der Waals surface area contributed by atoms with E-state index in [1.165, 1.54) is 11.3 Å². The second kappa shape index (κ2) is 3.77. The normalized spacial score (nSPS) is 14.6. The van der Waals surface area contributed by atoms with E-state index in [1.54, 1.807) is 6.07 Å². The summed E-state index contributed by atoms with van der Waals surface area (Å²) in [6, 6.07) is 1.73. The summed E-state index contributed by atoms with van der Waals surface area (Å²) in [6.07, 6.45) is -0.566. The van der Waals surface area contributed by atoms with E-state index in [1.807, 2.05) is 20.8 Å². The van der Waals surface area contributed by atoms with Gasteiger partial charge in [-0.2, -0.15) is 0 Å². The van der Waals surface area contributed by atoms with Crippen molar-refractivity contribution < 1.29 is 5.11 Å². The third kappa shape index (κ3) is 2.59. The van der Waals surface area contributed by atoms with Gasteiger partial charge in [0, 0.05) is 5.56 Å². The first kappa shape index (κ1) is 11.3. The van der Waals surface area contributed by atoms with Crippen LogP contribution in [0.15, 0.2) is 6.07 Å². The van der Waals surface area contributed by atoms with Crippen molar-refractivity contribution in [2.24, 2.45) is 5.41 Å². The van der Waals surface area contributed by atoms with E-state index in [0.717, 1.165) is 5.56 Å². The van der Waals surface area contributed by atoms with Gasteiger partial charge in [-0.05, 0) is 11.5 Å². The first-order chi connectivity index (χ1) is 5.82. The van der Waals surface area contributed by atoms with Crippen LogP contribution in [0.4, 0.5) is 0 Å². The SMILES string of the molecule is CC(C)(C)C(O)c1cc(Cl)sc1Cl. The molecular weight excluding hydrogens is 227 g/mol. The van der Waals surface area contributed by atoms with Crippen LogP contribution >= 0.6 is 34.5 Å². The zero-order chi connectivity index (χ0) is 10.2. The molecule has 0 saturated carbocycles. The smallest absolute Gasteiger partial charge is 0.100 e. The van der Waals surface area contributed by atoms with Crippen LogP contribution < -0.4 is 0 Å². The average Bonchev–Trinajstić information content (AvgIpc) is 2.26. The van der Waals surface area contributed by atoms with Gasteiger partial charge in [0.05, 0.1) is 10.4 Å². The molecule has 0 spiro atoms. The number of hydrogen-bond acceptors (Lipinski definition) is 2. The minimum atomic E-state index is -0.566. The molecule has 13 heavy (non-hydrogen) atoms. The molecule has 1 N–H and O–H groups in total. The topological polar surface area (TPSA) is 20.2 Å². The summed E-state index contributed by atoms with van der Waals surface area (Å²) in [5.74, 6) is 0. The fraction of sp³-hybridized carbons (Fsp3) is 0.556. The van der Waals surface area contributed by atoms with Gasteiger partial charge in [0.2, 0.25) is 0 Å². The highest BCUT2D eigenvalue weighted by atomic mass is 35.5. The molecule has 0 saturated heterocycles. The van der Waals surface area contributed by atoms with E-state index >= 15 is 0 Å². The number of rotatable bonds is 1. The van der Waals surface area contributed by atoms with Crippen LogP contribution in [0.3, 0.4) is 0 Å². The molecule has 1 unspecified atom stereocenters. The van der Waals surface area contributed by atoms with Gasteiger partial charge in [-0.15, -0.1) is 11.3 Å². The Labute approximate surface area is 92.3 Å². The summed E-state index contributed by atoms with van der Waals surface area (Å²) in [5, 5.41) is 9.91. The molecule has 0 fully saturated rings. The monoisotopic (exact) mass is 238 g/mol. The summed E-state index contributed by atoms with van der Waals surface area (Å²) in [4.78, 5) is 0. The summed E-state index contributed by atoms with van der Waals surface area (Å²) in [5.41, 5.74) is 0.512. The molecule has 1 aromatic heterocycles. The quantitative estimate of drug-likeness (QED) is 0.781. The molecule has 1 aromatic rings. The minimum Gasteiger partial charge on any atom is -0.388 e. The van der Waals surface area contributed by atoms with E-state index < -0.39 is 6.10 Å². The fourth-order valence-corrected chi connectivity index (χ4v) is 2.53. The Bertz CT molecular complexity index is 301. The Kier molecular flexibility index (Phi) is 3.29. The molecule has 1 heterocycles. The maximum absolute atomic E-state index is 9.91. The molecule has 0 bridgehead atoms. The molecule has 0 radical (unpaired) electrons. The van der Waals surface area contributed by atoms with Gasteiger partial charge in [-0.1, -0.05) is 44.0 Å². The van der Waals surface area contributed by atoms with Crippen LogP contribution in [0.5, 0.6) is 0 Å². The number of aliphatic hydroxyl groups excluding tert-OH is 1. The molecule has 1 nitrogen and oxygen atoms in total. The van der Waals surface area contributed by atoms with Gasteiger partial charge in [-0.25, -0.2) is 0 Å². The number of halogens is 2. The Morgan fingerprint density at radius 2 is 1.92 bits per heavy atom. The largest absolute Gasteiger partial charge is 0.388 e. The van der Waals surface area contributed by atoms with E-state index in [4.69, 9.17) is 23.2 Å². The Morgan fingerprint density at radius 1 is 1.38 bits per heavy atom. The maximum atomic E-state index is 9.91. The van der Waals surface area contributed by atoms with Gasteiger partial charge in [0.1, 0.15) is 4.34 Å². The third-order valence-electron chi connectivity index (χ3n) is 1.80. The highest BCUT2D eigenvalue weighted by Gasteiger charge is 2.26. The Morgan fingerprint density at radius 3 is 2.23 bits per heavy atom. The van der Waals surface area contributed by atoms with E-state index in [2.05, 4.69) is 0 Å². The van der Waals surface area contributed by atoms with Crippen molar-refractivity contribution in [3.8, 4) is 0 Å². The van der Waals surface area contributed by atoms with Crippen molar-refractivity contribution in [2.45, 2.75) is 26.9 Å². The predicted octanol–water partition coefficient (Wildman–Crippen LogP) is 4.13. The lowest BCUT2D eigenvalue weighted by Crippen LogP contribution is -2.17. The van der Waals surface area contributed by atoms with Crippen molar-refractivity contribution in [3.63, 3.8) is 0 Å². The fourth-order valence-electron chi connectivity index (χ4n) is 1.01. The zero-order valence-electron chi connectivity index (χ0n) is 7.77. The highest BCUT2D eigenvalue weighted by Crippen LogP contribution is 2.41. The minimum absolute atomic E-state index is 0.214. The summed E-state index contributed by atoms with van der Waals surface area (Å²) < 4.78 is 1.19. The molecular formula is C9H12Cl2OS.